The molecular formula is C25H26ClN5O2. The van der Waals surface area contributed by atoms with Gasteiger partial charge in [0.25, 0.3) is 0 Å². The summed E-state index contributed by atoms with van der Waals surface area (Å²) in [5.74, 6) is 1.01. The topological polar surface area (TPSA) is 76.2 Å². The zero-order chi connectivity index (χ0) is 22.6. The van der Waals surface area contributed by atoms with E-state index in [0.717, 1.165) is 35.1 Å². The minimum absolute atomic E-state index is 0.0986. The Bertz CT molecular complexity index is 1260. The number of benzene rings is 2. The fraction of sp³-hybridized carbons (Fsp3) is 0.320. The number of fused-ring (bicyclic) bond motifs is 1. The van der Waals surface area contributed by atoms with E-state index in [9.17, 15) is 4.79 Å². The van der Waals surface area contributed by atoms with Gasteiger partial charge in [0.05, 0.1) is 12.1 Å². The zero-order valence-electron chi connectivity index (χ0n) is 18.3. The lowest BCUT2D eigenvalue weighted by atomic mass is 10.1. The molecule has 0 aliphatic carbocycles. The van der Waals surface area contributed by atoms with Gasteiger partial charge in [-0.05, 0) is 43.6 Å². The molecule has 0 saturated carbocycles. The fourth-order valence-electron chi connectivity index (χ4n) is 4.33. The van der Waals surface area contributed by atoms with Crippen LogP contribution in [0.15, 0.2) is 59.1 Å². The van der Waals surface area contributed by atoms with E-state index in [1.54, 1.807) is 0 Å². The summed E-state index contributed by atoms with van der Waals surface area (Å²) in [6.07, 6.45) is 5.63. The summed E-state index contributed by atoms with van der Waals surface area (Å²) in [4.78, 5) is 15.0. The molecule has 0 spiro atoms. The highest BCUT2D eigenvalue weighted by atomic mass is 35.5. The first kappa shape index (κ1) is 21.7. The third-order valence-electron chi connectivity index (χ3n) is 6.04. The maximum atomic E-state index is 12.7. The van der Waals surface area contributed by atoms with Crippen molar-refractivity contribution >= 4 is 28.4 Å². The van der Waals surface area contributed by atoms with Crippen molar-refractivity contribution in [1.29, 1.82) is 0 Å². The molecule has 0 unspecified atom stereocenters. The summed E-state index contributed by atoms with van der Waals surface area (Å²) in [6.45, 7) is 3.38. The van der Waals surface area contributed by atoms with E-state index in [1.807, 2.05) is 59.3 Å². The number of para-hydroxylation sites is 1. The highest BCUT2D eigenvalue weighted by Gasteiger charge is 2.19. The van der Waals surface area contributed by atoms with Crippen molar-refractivity contribution < 1.29 is 9.21 Å². The number of amides is 1. The second-order valence-corrected chi connectivity index (χ2v) is 8.80. The third-order valence-corrected chi connectivity index (χ3v) is 6.41. The van der Waals surface area contributed by atoms with E-state index >= 15 is 0 Å². The monoisotopic (exact) mass is 463 g/mol. The average molecular weight is 464 g/mol. The lowest BCUT2D eigenvalue weighted by Crippen LogP contribution is -2.29. The number of carbonyl (C=O) groups is 1. The molecule has 4 aromatic rings. The number of carbonyl (C=O) groups excluding carboxylic acids is 1. The van der Waals surface area contributed by atoms with Crippen molar-refractivity contribution in [2.45, 2.75) is 38.9 Å². The summed E-state index contributed by atoms with van der Waals surface area (Å²) in [5, 5.41) is 13.2. The molecule has 1 N–H and O–H groups in total. The molecule has 1 aliphatic heterocycles. The SMILES string of the molecule is O=C(Cn1cc(-c2nnc(CN3CCCCC3)o2)c2ccccc21)NCc1ccccc1Cl. The van der Waals surface area contributed by atoms with Crippen molar-refractivity contribution in [3.63, 3.8) is 0 Å². The first-order valence-electron chi connectivity index (χ1n) is 11.3. The predicted molar refractivity (Wildman–Crippen MR) is 128 cm³/mol. The van der Waals surface area contributed by atoms with Crippen LogP contribution in [0.25, 0.3) is 22.4 Å². The van der Waals surface area contributed by atoms with E-state index < -0.39 is 0 Å². The van der Waals surface area contributed by atoms with Crippen LogP contribution in [0.3, 0.4) is 0 Å². The summed E-state index contributed by atoms with van der Waals surface area (Å²) < 4.78 is 7.94. The standard InChI is InChI=1S/C25H26ClN5O2/c26-21-10-4-2-8-18(21)14-27-23(32)16-31-15-20(19-9-3-5-11-22(19)31)25-29-28-24(33-25)17-30-12-6-1-7-13-30/h2-5,8-11,15H,1,6-7,12-14,16-17H2,(H,27,32). The minimum atomic E-state index is -0.0986. The zero-order valence-corrected chi connectivity index (χ0v) is 19.1. The number of hydrogen-bond acceptors (Lipinski definition) is 5. The van der Waals surface area contributed by atoms with Gasteiger partial charge in [-0.15, -0.1) is 10.2 Å². The summed E-state index contributed by atoms with van der Waals surface area (Å²) in [5.41, 5.74) is 2.66. The molecule has 0 bridgehead atoms. The van der Waals surface area contributed by atoms with Gasteiger partial charge in [0, 0.05) is 28.7 Å². The minimum Gasteiger partial charge on any atom is -0.419 e. The maximum absolute atomic E-state index is 12.7. The van der Waals surface area contributed by atoms with Crippen LogP contribution in [0.5, 0.6) is 0 Å². The molecule has 33 heavy (non-hydrogen) atoms. The van der Waals surface area contributed by atoms with E-state index in [4.69, 9.17) is 16.0 Å². The smallest absolute Gasteiger partial charge is 0.249 e. The number of nitrogens with one attached hydrogen (secondary N) is 1. The normalized spacial score (nSPS) is 14.6. The van der Waals surface area contributed by atoms with Crippen LogP contribution < -0.4 is 5.32 Å². The number of hydrogen-bond donors (Lipinski definition) is 1. The second kappa shape index (κ2) is 9.77. The average Bonchev–Trinajstić information content (AvgIpc) is 3.44. The summed E-state index contributed by atoms with van der Waals surface area (Å²) in [7, 11) is 0. The van der Waals surface area contributed by atoms with Gasteiger partial charge in [-0.3, -0.25) is 9.69 Å². The van der Waals surface area contributed by atoms with Crippen molar-refractivity contribution in [2.75, 3.05) is 13.1 Å². The Labute approximate surface area is 197 Å². The highest BCUT2D eigenvalue weighted by molar-refractivity contribution is 6.31. The van der Waals surface area contributed by atoms with Crippen molar-refractivity contribution in [2.24, 2.45) is 0 Å². The molecule has 0 radical (unpaired) electrons. The molecule has 1 aliphatic rings. The van der Waals surface area contributed by atoms with Gasteiger partial charge in [-0.1, -0.05) is 54.4 Å². The van der Waals surface area contributed by atoms with Crippen LogP contribution in [0.4, 0.5) is 0 Å². The molecule has 2 aromatic heterocycles. The van der Waals surface area contributed by atoms with Gasteiger partial charge in [0.15, 0.2) is 0 Å². The molecule has 5 rings (SSSR count). The molecule has 170 valence electrons. The van der Waals surface area contributed by atoms with E-state index in [2.05, 4.69) is 20.4 Å². The van der Waals surface area contributed by atoms with Crippen LogP contribution in [0.1, 0.15) is 30.7 Å². The maximum Gasteiger partial charge on any atom is 0.249 e. The number of nitrogens with zero attached hydrogens (tertiary/aromatic N) is 4. The molecule has 3 heterocycles. The quantitative estimate of drug-likeness (QED) is 0.432. The molecule has 0 atom stereocenters. The van der Waals surface area contributed by atoms with Crippen molar-refractivity contribution in [3.05, 3.63) is 71.2 Å². The number of piperidine rings is 1. The molecule has 8 heteroatoms. The van der Waals surface area contributed by atoms with Gasteiger partial charge < -0.3 is 14.3 Å². The molecule has 1 fully saturated rings. The largest absolute Gasteiger partial charge is 0.419 e. The van der Waals surface area contributed by atoms with Crippen LogP contribution in [-0.4, -0.2) is 38.7 Å². The number of rotatable bonds is 7. The summed E-state index contributed by atoms with van der Waals surface area (Å²) >= 11 is 6.20. The first-order valence-corrected chi connectivity index (χ1v) is 11.7. The highest BCUT2D eigenvalue weighted by Crippen LogP contribution is 2.30. The fourth-order valence-corrected chi connectivity index (χ4v) is 4.53. The Morgan fingerprint density at radius 3 is 2.67 bits per heavy atom. The molecule has 1 saturated heterocycles. The van der Waals surface area contributed by atoms with Crippen LogP contribution in [-0.2, 0) is 24.4 Å². The van der Waals surface area contributed by atoms with Gasteiger partial charge in [0.2, 0.25) is 17.7 Å². The van der Waals surface area contributed by atoms with E-state index in [-0.39, 0.29) is 12.5 Å². The Balaban J connectivity index is 1.33. The lowest BCUT2D eigenvalue weighted by molar-refractivity contribution is -0.121. The Hall–Kier alpha value is -3.16. The van der Waals surface area contributed by atoms with E-state index in [0.29, 0.717) is 29.9 Å². The first-order chi connectivity index (χ1) is 16.2. The lowest BCUT2D eigenvalue weighted by Gasteiger charge is -2.24. The number of aromatic nitrogens is 3. The van der Waals surface area contributed by atoms with Crippen molar-refractivity contribution in [1.82, 2.24) is 25.0 Å². The molecule has 1 amide bonds. The predicted octanol–water partition coefficient (Wildman–Crippen LogP) is 4.65. The molecule has 7 nitrogen and oxygen atoms in total. The second-order valence-electron chi connectivity index (χ2n) is 8.39. The Kier molecular flexibility index (Phi) is 6.41. The third kappa shape index (κ3) is 4.94. The summed E-state index contributed by atoms with van der Waals surface area (Å²) in [6, 6.07) is 15.4. The number of likely N-dealkylation sites (tertiary alicyclic amines) is 1. The van der Waals surface area contributed by atoms with Crippen LogP contribution in [0.2, 0.25) is 5.02 Å². The van der Waals surface area contributed by atoms with Gasteiger partial charge >= 0.3 is 0 Å². The molecular weight excluding hydrogens is 438 g/mol. The Morgan fingerprint density at radius 2 is 1.82 bits per heavy atom. The number of halogens is 1. The van der Waals surface area contributed by atoms with Gasteiger partial charge in [-0.2, -0.15) is 0 Å². The van der Waals surface area contributed by atoms with Crippen LogP contribution in [0, 0.1) is 0 Å². The molecule has 2 aromatic carbocycles. The van der Waals surface area contributed by atoms with Crippen molar-refractivity contribution in [3.8, 4) is 11.5 Å². The Morgan fingerprint density at radius 1 is 1.03 bits per heavy atom. The van der Waals surface area contributed by atoms with Gasteiger partial charge in [0.1, 0.15) is 6.54 Å². The van der Waals surface area contributed by atoms with Crippen LogP contribution >= 0.6 is 11.6 Å². The van der Waals surface area contributed by atoms with Gasteiger partial charge in [-0.25, -0.2) is 0 Å². The van der Waals surface area contributed by atoms with E-state index in [1.165, 1.54) is 19.3 Å².